The molecule has 1 aliphatic rings. The first-order valence-corrected chi connectivity index (χ1v) is 5.40. The van der Waals surface area contributed by atoms with Crippen LogP contribution in [0.25, 0.3) is 0 Å². The Hall–Kier alpha value is -0.240. The summed E-state index contributed by atoms with van der Waals surface area (Å²) in [6.07, 6.45) is -2.70. The fourth-order valence-corrected chi connectivity index (χ4v) is 1.90. The van der Waals surface area contributed by atoms with Gasteiger partial charge < -0.3 is 29.8 Å². The summed E-state index contributed by atoms with van der Waals surface area (Å²) < 4.78 is 21.2. The topological polar surface area (TPSA) is 83.2 Å². The van der Waals surface area contributed by atoms with Gasteiger partial charge in [-0.25, -0.2) is 0 Å². The Balaban J connectivity index is 2.69. The number of methoxy groups -OCH3 is 2. The fourth-order valence-electron chi connectivity index (χ4n) is 1.90. The van der Waals surface area contributed by atoms with Gasteiger partial charge in [0.15, 0.2) is 6.29 Å². The average Bonchev–Trinajstić information content (AvgIpc) is 2.59. The van der Waals surface area contributed by atoms with Crippen molar-refractivity contribution in [3.63, 3.8) is 0 Å². The summed E-state index contributed by atoms with van der Waals surface area (Å²) >= 11 is 0. The molecule has 0 aromatic heterocycles. The van der Waals surface area contributed by atoms with Crippen LogP contribution in [0.4, 0.5) is 0 Å². The summed E-state index contributed by atoms with van der Waals surface area (Å²) in [6, 6.07) is 0. The van der Waals surface area contributed by atoms with Crippen molar-refractivity contribution in [2.75, 3.05) is 27.4 Å². The van der Waals surface area contributed by atoms with Crippen molar-refractivity contribution in [1.82, 2.24) is 0 Å². The first-order chi connectivity index (χ1) is 7.69. The van der Waals surface area contributed by atoms with Crippen molar-refractivity contribution in [3.8, 4) is 0 Å². The van der Waals surface area contributed by atoms with Crippen LogP contribution in [0.5, 0.6) is 0 Å². The highest BCUT2D eigenvalue weighted by Gasteiger charge is 2.47. The van der Waals surface area contributed by atoms with Gasteiger partial charge in [-0.1, -0.05) is 0 Å². The molecule has 0 aromatic carbocycles. The van der Waals surface area contributed by atoms with E-state index in [0.29, 0.717) is 13.2 Å². The average molecular weight is 235 g/mol. The molecule has 1 saturated heterocycles. The van der Waals surface area contributed by atoms with E-state index in [1.807, 2.05) is 6.92 Å². The largest absolute Gasteiger partial charge is 0.385 e. The lowest BCUT2D eigenvalue weighted by molar-refractivity contribution is -0.177. The van der Waals surface area contributed by atoms with Crippen LogP contribution in [0.3, 0.4) is 0 Å². The van der Waals surface area contributed by atoms with Gasteiger partial charge in [-0.2, -0.15) is 0 Å². The van der Waals surface area contributed by atoms with Gasteiger partial charge in [-0.05, 0) is 6.92 Å². The maximum Gasteiger partial charge on any atom is 0.186 e. The quantitative estimate of drug-likeness (QED) is 0.620. The van der Waals surface area contributed by atoms with Gasteiger partial charge in [-0.3, -0.25) is 0 Å². The number of nitrogens with two attached hydrogens (primary N) is 1. The minimum Gasteiger partial charge on any atom is -0.385 e. The van der Waals surface area contributed by atoms with Crippen LogP contribution in [0, 0.1) is 0 Å². The zero-order chi connectivity index (χ0) is 12.1. The van der Waals surface area contributed by atoms with Crippen molar-refractivity contribution in [3.05, 3.63) is 0 Å². The molecule has 96 valence electrons. The number of aliphatic hydroxyl groups excluding tert-OH is 1. The second kappa shape index (κ2) is 6.48. The standard InChI is InChI=1S/C10H21NO5/c1-4-15-10-7(12)9(14-3)8(16-10)6(5-11)13-2/h6-10,12H,4-5,11H2,1-3H3/t6-,7-,8-,9-,10+/m1/s1. The van der Waals surface area contributed by atoms with Crippen LogP contribution in [0.15, 0.2) is 0 Å². The Labute approximate surface area is 95.6 Å². The van der Waals surface area contributed by atoms with Crippen LogP contribution >= 0.6 is 0 Å². The van der Waals surface area contributed by atoms with Crippen molar-refractivity contribution >= 4 is 0 Å². The Morgan fingerprint density at radius 3 is 2.56 bits per heavy atom. The maximum absolute atomic E-state index is 9.92. The molecule has 6 nitrogen and oxygen atoms in total. The van der Waals surface area contributed by atoms with Crippen molar-refractivity contribution < 1.29 is 24.1 Å². The second-order valence-corrected chi connectivity index (χ2v) is 3.63. The van der Waals surface area contributed by atoms with E-state index in [1.165, 1.54) is 7.11 Å². The van der Waals surface area contributed by atoms with E-state index in [2.05, 4.69) is 0 Å². The number of aliphatic hydroxyl groups is 1. The second-order valence-electron chi connectivity index (χ2n) is 3.63. The van der Waals surface area contributed by atoms with Gasteiger partial charge in [-0.15, -0.1) is 0 Å². The Morgan fingerprint density at radius 2 is 2.12 bits per heavy atom. The number of hydrogen-bond donors (Lipinski definition) is 2. The van der Waals surface area contributed by atoms with Crippen molar-refractivity contribution in [1.29, 1.82) is 0 Å². The summed E-state index contributed by atoms with van der Waals surface area (Å²) in [5, 5.41) is 9.92. The van der Waals surface area contributed by atoms with Crippen LogP contribution in [-0.4, -0.2) is 63.2 Å². The van der Waals surface area contributed by atoms with Crippen LogP contribution in [-0.2, 0) is 18.9 Å². The van der Waals surface area contributed by atoms with Gasteiger partial charge in [0.05, 0.1) is 6.10 Å². The monoisotopic (exact) mass is 235 g/mol. The van der Waals surface area contributed by atoms with E-state index in [0.717, 1.165) is 0 Å². The molecule has 0 saturated carbocycles. The summed E-state index contributed by atoms with van der Waals surface area (Å²) in [5.41, 5.74) is 5.56. The van der Waals surface area contributed by atoms with E-state index in [1.54, 1.807) is 7.11 Å². The van der Waals surface area contributed by atoms with Gasteiger partial charge >= 0.3 is 0 Å². The minimum absolute atomic E-state index is 0.298. The molecule has 16 heavy (non-hydrogen) atoms. The molecule has 0 radical (unpaired) electrons. The highest BCUT2D eigenvalue weighted by Crippen LogP contribution is 2.27. The Kier molecular flexibility index (Phi) is 5.60. The zero-order valence-electron chi connectivity index (χ0n) is 9.96. The molecule has 1 aliphatic heterocycles. The summed E-state index contributed by atoms with van der Waals surface area (Å²) in [4.78, 5) is 0. The third-order valence-electron chi connectivity index (χ3n) is 2.74. The first-order valence-electron chi connectivity index (χ1n) is 5.40. The maximum atomic E-state index is 9.92. The van der Waals surface area contributed by atoms with Gasteiger partial charge in [0.2, 0.25) is 0 Å². The number of ether oxygens (including phenoxy) is 4. The Morgan fingerprint density at radius 1 is 1.44 bits per heavy atom. The SMILES string of the molecule is CCO[C@H]1O[C@H]([C@@H](CN)OC)[C@H](OC)[C@H]1O. The number of rotatable bonds is 6. The smallest absolute Gasteiger partial charge is 0.186 e. The molecule has 0 unspecified atom stereocenters. The third-order valence-corrected chi connectivity index (χ3v) is 2.74. The van der Waals surface area contributed by atoms with E-state index in [4.69, 9.17) is 24.7 Å². The molecule has 0 amide bonds. The molecular formula is C10H21NO5. The van der Waals surface area contributed by atoms with Gasteiger partial charge in [0.25, 0.3) is 0 Å². The molecule has 3 N–H and O–H groups in total. The fraction of sp³-hybridized carbons (Fsp3) is 1.00. The van der Waals surface area contributed by atoms with E-state index in [-0.39, 0.29) is 6.10 Å². The highest BCUT2D eigenvalue weighted by molar-refractivity contribution is 4.92. The summed E-state index contributed by atoms with van der Waals surface area (Å²) in [7, 11) is 3.07. The normalized spacial score (nSPS) is 36.6. The van der Waals surface area contributed by atoms with Gasteiger partial charge in [0.1, 0.15) is 18.3 Å². The molecule has 6 heteroatoms. The molecular weight excluding hydrogens is 214 g/mol. The van der Waals surface area contributed by atoms with Crippen molar-refractivity contribution in [2.24, 2.45) is 5.73 Å². The third kappa shape index (κ3) is 2.71. The van der Waals surface area contributed by atoms with E-state index < -0.39 is 24.6 Å². The number of hydrogen-bond acceptors (Lipinski definition) is 6. The molecule has 0 aliphatic carbocycles. The zero-order valence-corrected chi connectivity index (χ0v) is 9.96. The van der Waals surface area contributed by atoms with Crippen LogP contribution in [0.1, 0.15) is 6.92 Å². The molecule has 1 heterocycles. The molecule has 0 spiro atoms. The van der Waals surface area contributed by atoms with Crippen molar-refractivity contribution in [2.45, 2.75) is 37.6 Å². The molecule has 5 atom stereocenters. The highest BCUT2D eigenvalue weighted by atomic mass is 16.7. The summed E-state index contributed by atoms with van der Waals surface area (Å²) in [6.45, 7) is 2.60. The summed E-state index contributed by atoms with van der Waals surface area (Å²) in [5.74, 6) is 0. The van der Waals surface area contributed by atoms with E-state index in [9.17, 15) is 5.11 Å². The lowest BCUT2D eigenvalue weighted by atomic mass is 10.1. The predicted octanol–water partition coefficient (Wildman–Crippen LogP) is -0.903. The molecule has 0 bridgehead atoms. The molecule has 0 aromatic rings. The Bertz CT molecular complexity index is 200. The minimum atomic E-state index is -0.820. The lowest BCUT2D eigenvalue weighted by Gasteiger charge is -2.24. The molecule has 1 rings (SSSR count). The van der Waals surface area contributed by atoms with E-state index >= 15 is 0 Å². The lowest BCUT2D eigenvalue weighted by Crippen LogP contribution is -2.44. The van der Waals surface area contributed by atoms with Crippen LogP contribution < -0.4 is 5.73 Å². The van der Waals surface area contributed by atoms with Crippen LogP contribution in [0.2, 0.25) is 0 Å². The van der Waals surface area contributed by atoms with Gasteiger partial charge in [0, 0.05) is 27.4 Å². The predicted molar refractivity (Wildman–Crippen MR) is 56.9 cm³/mol. The first kappa shape index (κ1) is 13.8. The molecule has 1 fully saturated rings.